The molecule has 20 heavy (non-hydrogen) atoms. The van der Waals surface area contributed by atoms with Gasteiger partial charge in [0.1, 0.15) is 5.82 Å². The van der Waals surface area contributed by atoms with E-state index in [0.717, 1.165) is 18.5 Å². The maximum atomic E-state index is 12.5. The normalized spacial score (nSPS) is 25.8. The second kappa shape index (κ2) is 4.33. The van der Waals surface area contributed by atoms with Crippen LogP contribution in [0.1, 0.15) is 32.8 Å². The topological polar surface area (TPSA) is 54.5 Å². The van der Waals surface area contributed by atoms with E-state index in [0.29, 0.717) is 17.4 Å². The van der Waals surface area contributed by atoms with E-state index in [-0.39, 0.29) is 6.09 Å². The molecule has 3 heterocycles. The Morgan fingerprint density at radius 3 is 2.85 bits per heavy atom. The van der Waals surface area contributed by atoms with Crippen molar-refractivity contribution in [1.82, 2.24) is 10.3 Å². The zero-order valence-electron chi connectivity index (χ0n) is 11.9. The smallest absolute Gasteiger partial charge is 0.416 e. The molecule has 3 rings (SSSR count). The highest BCUT2D eigenvalue weighted by Gasteiger charge is 2.50. The Bertz CT molecular complexity index is 562. The predicted octanol–water partition coefficient (Wildman–Crippen LogP) is 2.68. The molecule has 1 aromatic rings. The summed E-state index contributed by atoms with van der Waals surface area (Å²) in [5, 5.41) is 3.81. The number of aromatic nitrogens is 1. The van der Waals surface area contributed by atoms with Gasteiger partial charge in [-0.05, 0) is 33.4 Å². The molecule has 1 spiro atoms. The quantitative estimate of drug-likeness (QED) is 0.799. The minimum Gasteiger partial charge on any atom is -0.436 e. The highest BCUT2D eigenvalue weighted by Crippen LogP contribution is 2.44. The summed E-state index contributed by atoms with van der Waals surface area (Å²) >= 11 is 6.09. The van der Waals surface area contributed by atoms with Gasteiger partial charge in [0.25, 0.3) is 0 Å². The Hall–Kier alpha value is -1.33. The van der Waals surface area contributed by atoms with Gasteiger partial charge in [-0.2, -0.15) is 0 Å². The molecule has 1 N–H and O–H groups in total. The second-order valence-electron chi connectivity index (χ2n) is 6.32. The van der Waals surface area contributed by atoms with E-state index in [4.69, 9.17) is 16.3 Å². The molecule has 6 heteroatoms. The van der Waals surface area contributed by atoms with Crippen LogP contribution < -0.4 is 10.2 Å². The Balaban J connectivity index is 2.20. The number of hydrogen-bond acceptors (Lipinski definition) is 4. The lowest BCUT2D eigenvalue weighted by molar-refractivity contribution is 0.0173. The molecular weight excluding hydrogens is 278 g/mol. The van der Waals surface area contributed by atoms with Crippen molar-refractivity contribution >= 4 is 23.5 Å². The number of hydrogen-bond donors (Lipinski definition) is 1. The molecule has 0 aliphatic carbocycles. The average Bonchev–Trinajstić information content (AvgIpc) is 2.78. The summed E-state index contributed by atoms with van der Waals surface area (Å²) in [6, 6.07) is 1.86. The van der Waals surface area contributed by atoms with Crippen LogP contribution in [-0.4, -0.2) is 29.7 Å². The van der Waals surface area contributed by atoms with E-state index >= 15 is 0 Å². The molecular formula is C14H18ClN3O2. The van der Waals surface area contributed by atoms with Crippen molar-refractivity contribution in [3.8, 4) is 0 Å². The predicted molar refractivity (Wildman–Crippen MR) is 77.1 cm³/mol. The van der Waals surface area contributed by atoms with Gasteiger partial charge in [-0.25, -0.2) is 9.78 Å². The number of nitrogens with one attached hydrogen (secondary N) is 1. The summed E-state index contributed by atoms with van der Waals surface area (Å²) in [6.07, 6.45) is 1.98. The maximum absolute atomic E-state index is 12.5. The highest BCUT2D eigenvalue weighted by atomic mass is 35.5. The molecule has 1 unspecified atom stereocenters. The first kappa shape index (κ1) is 13.6. The van der Waals surface area contributed by atoms with Gasteiger partial charge in [0, 0.05) is 30.3 Å². The first-order valence-electron chi connectivity index (χ1n) is 6.73. The lowest BCUT2D eigenvalue weighted by atomic mass is 9.90. The first-order chi connectivity index (χ1) is 9.33. The molecule has 1 aromatic heterocycles. The van der Waals surface area contributed by atoms with Crippen molar-refractivity contribution in [3.63, 3.8) is 0 Å². The van der Waals surface area contributed by atoms with Crippen LogP contribution in [0.3, 0.4) is 0 Å². The van der Waals surface area contributed by atoms with Crippen LogP contribution in [0.5, 0.6) is 0 Å². The molecule has 1 fully saturated rings. The van der Waals surface area contributed by atoms with Crippen LogP contribution in [0.4, 0.5) is 10.6 Å². The molecule has 0 saturated carbocycles. The van der Waals surface area contributed by atoms with Gasteiger partial charge in [-0.15, -0.1) is 0 Å². The summed E-state index contributed by atoms with van der Waals surface area (Å²) in [5.41, 5.74) is -0.142. The zero-order chi connectivity index (χ0) is 14.5. The number of pyridine rings is 1. The van der Waals surface area contributed by atoms with Crippen molar-refractivity contribution in [2.45, 2.75) is 38.3 Å². The van der Waals surface area contributed by atoms with E-state index in [1.54, 1.807) is 11.1 Å². The molecule has 1 atom stereocenters. The Morgan fingerprint density at radius 1 is 1.50 bits per heavy atom. The van der Waals surface area contributed by atoms with Crippen LogP contribution >= 0.6 is 11.6 Å². The van der Waals surface area contributed by atoms with E-state index < -0.39 is 11.1 Å². The summed E-state index contributed by atoms with van der Waals surface area (Å²) in [4.78, 5) is 18.5. The van der Waals surface area contributed by atoms with Gasteiger partial charge < -0.3 is 10.1 Å². The number of anilines is 1. The van der Waals surface area contributed by atoms with Crippen molar-refractivity contribution < 1.29 is 9.53 Å². The lowest BCUT2D eigenvalue weighted by Gasteiger charge is -2.44. The van der Waals surface area contributed by atoms with E-state index in [1.165, 1.54) is 0 Å². The third-order valence-corrected chi connectivity index (χ3v) is 3.99. The zero-order valence-corrected chi connectivity index (χ0v) is 12.6. The highest BCUT2D eigenvalue weighted by molar-refractivity contribution is 6.30. The van der Waals surface area contributed by atoms with Gasteiger partial charge in [-0.3, -0.25) is 4.90 Å². The minimum absolute atomic E-state index is 0.344. The van der Waals surface area contributed by atoms with E-state index in [1.807, 2.05) is 26.8 Å². The third-order valence-electron chi connectivity index (χ3n) is 3.79. The van der Waals surface area contributed by atoms with E-state index in [2.05, 4.69) is 10.3 Å². The number of amides is 1. The minimum atomic E-state index is -0.633. The molecule has 1 amide bonds. The van der Waals surface area contributed by atoms with Gasteiger partial charge in [0.05, 0.1) is 5.02 Å². The van der Waals surface area contributed by atoms with Crippen molar-refractivity contribution in [3.05, 3.63) is 22.8 Å². The van der Waals surface area contributed by atoms with Crippen molar-refractivity contribution in [2.24, 2.45) is 0 Å². The summed E-state index contributed by atoms with van der Waals surface area (Å²) < 4.78 is 5.78. The van der Waals surface area contributed by atoms with Crippen LogP contribution in [0.15, 0.2) is 12.3 Å². The molecule has 0 aromatic carbocycles. The number of carbonyl (C=O) groups excluding carboxylic acids is 1. The summed E-state index contributed by atoms with van der Waals surface area (Å²) in [5.74, 6) is 0.654. The van der Waals surface area contributed by atoms with Gasteiger partial charge in [0.2, 0.25) is 0 Å². The number of fused-ring (bicyclic) bond motifs is 2. The summed E-state index contributed by atoms with van der Waals surface area (Å²) in [7, 11) is 0. The molecule has 108 valence electrons. The fraction of sp³-hybridized carbons (Fsp3) is 0.571. The fourth-order valence-corrected chi connectivity index (χ4v) is 3.04. The molecule has 1 saturated heterocycles. The van der Waals surface area contributed by atoms with Gasteiger partial charge in [-0.1, -0.05) is 11.6 Å². The van der Waals surface area contributed by atoms with Crippen molar-refractivity contribution in [2.75, 3.05) is 18.0 Å². The SMILES string of the molecule is CC(C)(C)N1C(=O)OC2(CCNC2)c2cc(Cl)cnc21. The Kier molecular flexibility index (Phi) is 2.95. The van der Waals surface area contributed by atoms with Crippen LogP contribution in [0, 0.1) is 0 Å². The average molecular weight is 296 g/mol. The number of carbonyl (C=O) groups is 1. The molecule has 2 aliphatic heterocycles. The fourth-order valence-electron chi connectivity index (χ4n) is 2.88. The molecule has 0 radical (unpaired) electrons. The van der Waals surface area contributed by atoms with E-state index in [9.17, 15) is 4.79 Å². The molecule has 5 nitrogen and oxygen atoms in total. The molecule has 0 bridgehead atoms. The third kappa shape index (κ3) is 1.96. The van der Waals surface area contributed by atoms with Crippen LogP contribution in [0.2, 0.25) is 5.02 Å². The Morgan fingerprint density at radius 2 is 2.25 bits per heavy atom. The maximum Gasteiger partial charge on any atom is 0.416 e. The second-order valence-corrected chi connectivity index (χ2v) is 6.76. The standard InChI is InChI=1S/C14H18ClN3O2/c1-13(2,3)18-11-10(6-9(15)7-17-11)14(20-12(18)19)4-5-16-8-14/h6-7,16H,4-5,8H2,1-3H3. The monoisotopic (exact) mass is 295 g/mol. The first-order valence-corrected chi connectivity index (χ1v) is 7.11. The van der Waals surface area contributed by atoms with Crippen LogP contribution in [0.25, 0.3) is 0 Å². The van der Waals surface area contributed by atoms with Crippen molar-refractivity contribution in [1.29, 1.82) is 0 Å². The number of halogens is 1. The summed E-state index contributed by atoms with van der Waals surface area (Å²) in [6.45, 7) is 7.29. The largest absolute Gasteiger partial charge is 0.436 e. The molecule has 2 aliphatic rings. The number of rotatable bonds is 0. The Labute approximate surface area is 123 Å². The van der Waals surface area contributed by atoms with Crippen LogP contribution in [-0.2, 0) is 10.3 Å². The number of ether oxygens (including phenoxy) is 1. The van der Waals surface area contributed by atoms with Gasteiger partial charge in [0.15, 0.2) is 5.60 Å². The number of nitrogens with zero attached hydrogens (tertiary/aromatic N) is 2. The lowest BCUT2D eigenvalue weighted by Crippen LogP contribution is -2.54. The van der Waals surface area contributed by atoms with Gasteiger partial charge >= 0.3 is 6.09 Å².